The molecule has 7 heteroatoms. The van der Waals surface area contributed by atoms with Crippen LogP contribution in [0.5, 0.6) is 5.75 Å². The highest BCUT2D eigenvalue weighted by Crippen LogP contribution is 2.24. The Labute approximate surface area is 145 Å². The molecule has 0 amide bonds. The molecule has 2 rings (SSSR count). The van der Waals surface area contributed by atoms with Crippen molar-refractivity contribution >= 4 is 11.8 Å². The number of hydrogen-bond donors (Lipinski definition) is 1. The monoisotopic (exact) mass is 345 g/mol. The number of carbonyl (C=O) groups is 1. The first-order chi connectivity index (χ1) is 11.9. The number of anilines is 1. The number of benzene rings is 1. The molecule has 6 nitrogen and oxygen atoms in total. The number of aromatic nitrogens is 2. The van der Waals surface area contributed by atoms with E-state index in [1.807, 2.05) is 18.7 Å². The van der Waals surface area contributed by atoms with Crippen molar-refractivity contribution in [2.75, 3.05) is 18.1 Å². The summed E-state index contributed by atoms with van der Waals surface area (Å²) in [5, 5.41) is 16.5. The Morgan fingerprint density at radius 2 is 2.08 bits per heavy atom. The van der Waals surface area contributed by atoms with Gasteiger partial charge >= 0.3 is 5.97 Å². The quantitative estimate of drug-likeness (QED) is 0.740. The lowest BCUT2D eigenvalue weighted by atomic mass is 10.1. The second-order valence-corrected chi connectivity index (χ2v) is 5.59. The molecule has 25 heavy (non-hydrogen) atoms. The molecule has 1 heterocycles. The van der Waals surface area contributed by atoms with Crippen molar-refractivity contribution in [3.63, 3.8) is 0 Å². The van der Waals surface area contributed by atoms with E-state index in [0.29, 0.717) is 36.8 Å². The van der Waals surface area contributed by atoms with Crippen LogP contribution in [0.2, 0.25) is 0 Å². The van der Waals surface area contributed by atoms with Gasteiger partial charge in [0.05, 0.1) is 0 Å². The molecular weight excluding hydrogens is 325 g/mol. The summed E-state index contributed by atoms with van der Waals surface area (Å²) in [4.78, 5) is 12.7. The zero-order chi connectivity index (χ0) is 18.4. The number of rotatable bonds is 8. The number of nitrogens with zero attached hydrogens (tertiary/aromatic N) is 3. The SMILES string of the molecule is C=C(C)COc1ccc(F)cc1CN(CC)c1ccc(C(=O)O)nn1. The summed E-state index contributed by atoms with van der Waals surface area (Å²) in [6, 6.07) is 7.30. The number of carboxylic acid groups (broad SMARTS) is 1. The minimum absolute atomic E-state index is 0.129. The Kier molecular flexibility index (Phi) is 6.05. The fourth-order valence-corrected chi connectivity index (χ4v) is 2.18. The summed E-state index contributed by atoms with van der Waals surface area (Å²) < 4.78 is 19.3. The van der Waals surface area contributed by atoms with E-state index < -0.39 is 5.97 Å². The van der Waals surface area contributed by atoms with E-state index in [2.05, 4.69) is 16.8 Å². The van der Waals surface area contributed by atoms with E-state index in [9.17, 15) is 9.18 Å². The summed E-state index contributed by atoms with van der Waals surface area (Å²) in [6.07, 6.45) is 0. The number of aromatic carboxylic acids is 1. The first-order valence-corrected chi connectivity index (χ1v) is 7.78. The van der Waals surface area contributed by atoms with Crippen molar-refractivity contribution in [1.82, 2.24) is 10.2 Å². The van der Waals surface area contributed by atoms with Crippen molar-refractivity contribution in [3.8, 4) is 5.75 Å². The Hall–Kier alpha value is -2.96. The molecule has 0 atom stereocenters. The first kappa shape index (κ1) is 18.4. The molecule has 0 fully saturated rings. The third kappa shape index (κ3) is 5.00. The van der Waals surface area contributed by atoms with Gasteiger partial charge in [-0.05, 0) is 49.8 Å². The van der Waals surface area contributed by atoms with Gasteiger partial charge < -0.3 is 14.7 Å². The molecule has 0 spiro atoms. The van der Waals surface area contributed by atoms with Gasteiger partial charge in [-0.3, -0.25) is 0 Å². The minimum atomic E-state index is -1.14. The van der Waals surface area contributed by atoms with Crippen molar-refractivity contribution in [1.29, 1.82) is 0 Å². The van der Waals surface area contributed by atoms with Crippen LogP contribution < -0.4 is 9.64 Å². The lowest BCUT2D eigenvalue weighted by Crippen LogP contribution is -2.24. The molecule has 0 aliphatic carbocycles. The summed E-state index contributed by atoms with van der Waals surface area (Å²) in [5.41, 5.74) is 1.39. The average Bonchev–Trinajstić information content (AvgIpc) is 2.58. The van der Waals surface area contributed by atoms with Gasteiger partial charge in [0.15, 0.2) is 11.5 Å². The first-order valence-electron chi connectivity index (χ1n) is 7.78. The Balaban J connectivity index is 2.24. The van der Waals surface area contributed by atoms with Crippen molar-refractivity contribution < 1.29 is 19.0 Å². The maximum Gasteiger partial charge on any atom is 0.356 e. The highest BCUT2D eigenvalue weighted by Gasteiger charge is 2.14. The fourth-order valence-electron chi connectivity index (χ4n) is 2.18. The van der Waals surface area contributed by atoms with Gasteiger partial charge in [-0.1, -0.05) is 6.58 Å². The molecule has 132 valence electrons. The predicted molar refractivity (Wildman–Crippen MR) is 92.4 cm³/mol. The van der Waals surface area contributed by atoms with Crippen LogP contribution in [0.1, 0.15) is 29.9 Å². The van der Waals surface area contributed by atoms with Crippen LogP contribution >= 0.6 is 0 Å². The van der Waals surface area contributed by atoms with E-state index in [4.69, 9.17) is 9.84 Å². The van der Waals surface area contributed by atoms with Crippen LogP contribution in [0.3, 0.4) is 0 Å². The van der Waals surface area contributed by atoms with E-state index in [1.54, 1.807) is 12.1 Å². The second kappa shape index (κ2) is 8.23. The van der Waals surface area contributed by atoms with Gasteiger partial charge in [0.2, 0.25) is 0 Å². The zero-order valence-corrected chi connectivity index (χ0v) is 14.2. The maximum absolute atomic E-state index is 13.7. The highest BCUT2D eigenvalue weighted by atomic mass is 19.1. The van der Waals surface area contributed by atoms with Crippen LogP contribution in [-0.4, -0.2) is 34.4 Å². The molecule has 0 aliphatic heterocycles. The molecule has 1 aromatic carbocycles. The molecule has 2 aromatic rings. The molecule has 1 aromatic heterocycles. The van der Waals surface area contributed by atoms with Crippen molar-refractivity contribution in [3.05, 3.63) is 59.6 Å². The van der Waals surface area contributed by atoms with Crippen LogP contribution in [-0.2, 0) is 6.54 Å². The Morgan fingerprint density at radius 3 is 2.64 bits per heavy atom. The summed E-state index contributed by atoms with van der Waals surface area (Å²) in [6.45, 7) is 8.83. The molecule has 0 unspecified atom stereocenters. The van der Waals surface area contributed by atoms with Gasteiger partial charge in [0, 0.05) is 18.7 Å². The van der Waals surface area contributed by atoms with Crippen molar-refractivity contribution in [2.24, 2.45) is 0 Å². The number of halogens is 1. The van der Waals surface area contributed by atoms with Gasteiger partial charge in [-0.25, -0.2) is 9.18 Å². The largest absolute Gasteiger partial charge is 0.489 e. The lowest BCUT2D eigenvalue weighted by molar-refractivity contribution is 0.0689. The second-order valence-electron chi connectivity index (χ2n) is 5.59. The van der Waals surface area contributed by atoms with Crippen LogP contribution in [0.15, 0.2) is 42.5 Å². The van der Waals surface area contributed by atoms with Gasteiger partial charge in [0.25, 0.3) is 0 Å². The van der Waals surface area contributed by atoms with Crippen LogP contribution in [0.25, 0.3) is 0 Å². The number of carboxylic acids is 1. The minimum Gasteiger partial charge on any atom is -0.489 e. The Morgan fingerprint density at radius 1 is 1.32 bits per heavy atom. The standard InChI is InChI=1S/C18H20FN3O3/c1-4-22(17-8-6-15(18(23)24)20-21-17)10-13-9-14(19)5-7-16(13)25-11-12(2)3/h5-9H,2,4,10-11H2,1,3H3,(H,23,24). The summed E-state index contributed by atoms with van der Waals surface area (Å²) in [7, 11) is 0. The number of hydrogen-bond acceptors (Lipinski definition) is 5. The lowest BCUT2D eigenvalue weighted by Gasteiger charge is -2.23. The normalized spacial score (nSPS) is 10.4. The highest BCUT2D eigenvalue weighted by molar-refractivity contribution is 5.85. The molecule has 0 bridgehead atoms. The predicted octanol–water partition coefficient (Wildman–Crippen LogP) is 3.30. The van der Waals surface area contributed by atoms with Crippen molar-refractivity contribution in [2.45, 2.75) is 20.4 Å². The third-order valence-electron chi connectivity index (χ3n) is 3.43. The van der Waals surface area contributed by atoms with E-state index >= 15 is 0 Å². The van der Waals surface area contributed by atoms with Gasteiger partial charge in [-0.2, -0.15) is 0 Å². The summed E-state index contributed by atoms with van der Waals surface area (Å²) in [5.74, 6) is -0.427. The number of ether oxygens (including phenoxy) is 1. The molecule has 0 saturated carbocycles. The zero-order valence-electron chi connectivity index (χ0n) is 14.2. The van der Waals surface area contributed by atoms with E-state index in [0.717, 1.165) is 5.57 Å². The van der Waals surface area contributed by atoms with Gasteiger partial charge in [-0.15, -0.1) is 10.2 Å². The van der Waals surface area contributed by atoms with Gasteiger partial charge in [0.1, 0.15) is 18.2 Å². The Bertz CT molecular complexity index is 763. The van der Waals surface area contributed by atoms with Crippen LogP contribution in [0.4, 0.5) is 10.2 Å². The molecule has 0 saturated heterocycles. The fraction of sp³-hybridized carbons (Fsp3) is 0.278. The third-order valence-corrected chi connectivity index (χ3v) is 3.43. The molecule has 0 radical (unpaired) electrons. The molecule has 1 N–H and O–H groups in total. The van der Waals surface area contributed by atoms with Crippen LogP contribution in [0, 0.1) is 5.82 Å². The maximum atomic E-state index is 13.7. The van der Waals surface area contributed by atoms with E-state index in [1.165, 1.54) is 18.2 Å². The van der Waals surface area contributed by atoms with E-state index in [-0.39, 0.29) is 11.5 Å². The topological polar surface area (TPSA) is 75.5 Å². The average molecular weight is 345 g/mol. The summed E-state index contributed by atoms with van der Waals surface area (Å²) >= 11 is 0. The molecular formula is C18H20FN3O3. The molecule has 0 aliphatic rings. The smallest absolute Gasteiger partial charge is 0.356 e.